The molecule has 0 spiro atoms. The molecule has 0 aliphatic carbocycles. The van der Waals surface area contributed by atoms with Gasteiger partial charge in [0.25, 0.3) is 0 Å². The minimum absolute atomic E-state index is 0.363. The van der Waals surface area contributed by atoms with Gasteiger partial charge in [0.15, 0.2) is 0 Å². The van der Waals surface area contributed by atoms with Gasteiger partial charge in [-0.2, -0.15) is 0 Å². The summed E-state index contributed by atoms with van der Waals surface area (Å²) in [6.07, 6.45) is 2.34. The number of hydrogen-bond acceptors (Lipinski definition) is 3. The number of nitrogens with zero attached hydrogens (tertiary/aromatic N) is 1. The lowest BCUT2D eigenvalue weighted by Crippen LogP contribution is -2.26. The molecule has 3 N–H and O–H groups in total. The molecule has 0 saturated heterocycles. The van der Waals surface area contributed by atoms with Crippen molar-refractivity contribution >= 4 is 27.7 Å². The Labute approximate surface area is 89.7 Å². The zero-order chi connectivity index (χ0) is 10.4. The van der Waals surface area contributed by atoms with Gasteiger partial charge in [0.2, 0.25) is 0 Å². The lowest BCUT2D eigenvalue weighted by atomic mass is 10.4. The molecule has 0 aliphatic heterocycles. The van der Waals surface area contributed by atoms with Crippen molar-refractivity contribution in [2.24, 2.45) is 0 Å². The van der Waals surface area contributed by atoms with Gasteiger partial charge < -0.3 is 15.7 Å². The maximum absolute atomic E-state index is 10.1. The molecule has 0 radical (unpaired) electrons. The Bertz CT molecular complexity index is 319. The zero-order valence-corrected chi connectivity index (χ0v) is 8.91. The van der Waals surface area contributed by atoms with E-state index in [9.17, 15) is 4.79 Å². The average molecular weight is 260 g/mol. The van der Waals surface area contributed by atoms with Crippen LogP contribution in [0.5, 0.6) is 0 Å². The highest BCUT2D eigenvalue weighted by Gasteiger charge is 1.95. The third-order valence-corrected chi connectivity index (χ3v) is 1.87. The van der Waals surface area contributed by atoms with E-state index < -0.39 is 6.09 Å². The lowest BCUT2D eigenvalue weighted by Gasteiger charge is -2.05. The second-order valence-electron chi connectivity index (χ2n) is 2.55. The molecule has 0 fully saturated rings. The molecule has 6 heteroatoms. The van der Waals surface area contributed by atoms with Crippen LogP contribution in [0.25, 0.3) is 0 Å². The zero-order valence-electron chi connectivity index (χ0n) is 7.33. The van der Waals surface area contributed by atoms with Crippen molar-refractivity contribution in [1.82, 2.24) is 10.3 Å². The molecule has 1 amide bonds. The quantitative estimate of drug-likeness (QED) is 0.717. The molecule has 0 bridgehead atoms. The first kappa shape index (κ1) is 10.8. The molecular formula is C8H10BrN3O2. The predicted molar refractivity (Wildman–Crippen MR) is 56.5 cm³/mol. The molecule has 76 valence electrons. The van der Waals surface area contributed by atoms with Gasteiger partial charge in [-0.15, -0.1) is 0 Å². The first-order valence-electron chi connectivity index (χ1n) is 3.99. The highest BCUT2D eigenvalue weighted by molar-refractivity contribution is 9.10. The maximum atomic E-state index is 10.1. The number of rotatable bonds is 4. The van der Waals surface area contributed by atoms with Gasteiger partial charge in [0, 0.05) is 23.8 Å². The van der Waals surface area contributed by atoms with Crippen molar-refractivity contribution < 1.29 is 9.90 Å². The van der Waals surface area contributed by atoms with Crippen LogP contribution >= 0.6 is 15.9 Å². The third kappa shape index (κ3) is 4.08. The second kappa shape index (κ2) is 5.43. The van der Waals surface area contributed by atoms with Crippen LogP contribution in [0.4, 0.5) is 10.5 Å². The van der Waals surface area contributed by atoms with Crippen LogP contribution in [0.1, 0.15) is 0 Å². The summed E-state index contributed by atoms with van der Waals surface area (Å²) in [7, 11) is 0. The predicted octanol–water partition coefficient (Wildman–Crippen LogP) is 1.52. The third-order valence-electron chi connectivity index (χ3n) is 1.44. The van der Waals surface area contributed by atoms with E-state index in [0.717, 1.165) is 10.2 Å². The van der Waals surface area contributed by atoms with Gasteiger partial charge in [0.1, 0.15) is 0 Å². The standard InChI is InChI=1S/C8H10BrN3O2/c9-6-3-7(5-10-4-6)11-1-2-12-8(13)14/h3-5,11-12H,1-2H2,(H,13,14). The fourth-order valence-electron chi connectivity index (χ4n) is 0.885. The molecule has 5 nitrogen and oxygen atoms in total. The largest absolute Gasteiger partial charge is 0.465 e. The van der Waals surface area contributed by atoms with Crippen LogP contribution in [0.3, 0.4) is 0 Å². The number of halogens is 1. The SMILES string of the molecule is O=C(O)NCCNc1cncc(Br)c1. The fourth-order valence-corrected chi connectivity index (χ4v) is 1.25. The lowest BCUT2D eigenvalue weighted by molar-refractivity contribution is 0.195. The molecule has 14 heavy (non-hydrogen) atoms. The number of carbonyl (C=O) groups is 1. The topological polar surface area (TPSA) is 74.2 Å². The van der Waals surface area contributed by atoms with E-state index in [0.29, 0.717) is 13.1 Å². The number of anilines is 1. The molecule has 0 aromatic carbocycles. The Balaban J connectivity index is 2.28. The fraction of sp³-hybridized carbons (Fsp3) is 0.250. The molecular weight excluding hydrogens is 250 g/mol. The number of carboxylic acid groups (broad SMARTS) is 1. The summed E-state index contributed by atoms with van der Waals surface area (Å²) in [5.74, 6) is 0. The molecule has 0 atom stereocenters. The van der Waals surface area contributed by atoms with E-state index in [1.165, 1.54) is 0 Å². The first-order chi connectivity index (χ1) is 6.68. The van der Waals surface area contributed by atoms with Crippen LogP contribution in [0.2, 0.25) is 0 Å². The van der Waals surface area contributed by atoms with Crippen LogP contribution < -0.4 is 10.6 Å². The molecule has 1 heterocycles. The molecule has 1 aromatic heterocycles. The minimum atomic E-state index is -1.01. The van der Waals surface area contributed by atoms with Crippen LogP contribution in [0.15, 0.2) is 22.9 Å². The Hall–Kier alpha value is -1.30. The van der Waals surface area contributed by atoms with Gasteiger partial charge in [-0.05, 0) is 22.0 Å². The minimum Gasteiger partial charge on any atom is -0.465 e. The highest BCUT2D eigenvalue weighted by atomic mass is 79.9. The smallest absolute Gasteiger partial charge is 0.404 e. The van der Waals surface area contributed by atoms with Crippen molar-refractivity contribution in [3.05, 3.63) is 22.9 Å². The molecule has 1 rings (SSSR count). The Morgan fingerprint density at radius 1 is 1.50 bits per heavy atom. The molecule has 0 unspecified atom stereocenters. The summed E-state index contributed by atoms with van der Waals surface area (Å²) in [5.41, 5.74) is 0.853. The van der Waals surface area contributed by atoms with Crippen LogP contribution in [-0.2, 0) is 0 Å². The van der Waals surface area contributed by atoms with Crippen molar-refractivity contribution in [2.45, 2.75) is 0 Å². The Morgan fingerprint density at radius 2 is 2.29 bits per heavy atom. The summed E-state index contributed by atoms with van der Waals surface area (Å²) < 4.78 is 0.883. The van der Waals surface area contributed by atoms with E-state index in [4.69, 9.17) is 5.11 Å². The maximum Gasteiger partial charge on any atom is 0.404 e. The number of pyridine rings is 1. The number of amides is 1. The van der Waals surface area contributed by atoms with Gasteiger partial charge in [-0.25, -0.2) is 4.79 Å². The number of aromatic nitrogens is 1. The van der Waals surface area contributed by atoms with Gasteiger partial charge in [-0.3, -0.25) is 4.98 Å². The first-order valence-corrected chi connectivity index (χ1v) is 4.79. The monoisotopic (exact) mass is 259 g/mol. The van der Waals surface area contributed by atoms with E-state index in [1.54, 1.807) is 12.4 Å². The van der Waals surface area contributed by atoms with Crippen molar-refractivity contribution in [3.8, 4) is 0 Å². The summed E-state index contributed by atoms with van der Waals surface area (Å²) in [4.78, 5) is 14.1. The Morgan fingerprint density at radius 3 is 2.93 bits per heavy atom. The summed E-state index contributed by atoms with van der Waals surface area (Å²) in [5, 5.41) is 13.6. The Kier molecular flexibility index (Phi) is 4.18. The van der Waals surface area contributed by atoms with Crippen molar-refractivity contribution in [3.63, 3.8) is 0 Å². The normalized spacial score (nSPS) is 9.50. The van der Waals surface area contributed by atoms with Crippen molar-refractivity contribution in [2.75, 3.05) is 18.4 Å². The summed E-state index contributed by atoms with van der Waals surface area (Å²) in [6, 6.07) is 1.87. The van der Waals surface area contributed by atoms with E-state index >= 15 is 0 Å². The molecule has 1 aromatic rings. The summed E-state index contributed by atoms with van der Waals surface area (Å²) >= 11 is 3.28. The van der Waals surface area contributed by atoms with E-state index in [1.807, 2.05) is 6.07 Å². The van der Waals surface area contributed by atoms with Gasteiger partial charge in [-0.1, -0.05) is 0 Å². The number of nitrogens with one attached hydrogen (secondary N) is 2. The second-order valence-corrected chi connectivity index (χ2v) is 3.47. The van der Waals surface area contributed by atoms with E-state index in [-0.39, 0.29) is 0 Å². The van der Waals surface area contributed by atoms with Crippen LogP contribution in [-0.4, -0.2) is 29.3 Å². The highest BCUT2D eigenvalue weighted by Crippen LogP contribution is 2.12. The summed E-state index contributed by atoms with van der Waals surface area (Å²) in [6.45, 7) is 0.895. The molecule has 0 aliphatic rings. The molecule has 0 saturated carbocycles. The van der Waals surface area contributed by atoms with Crippen molar-refractivity contribution in [1.29, 1.82) is 0 Å². The van der Waals surface area contributed by atoms with E-state index in [2.05, 4.69) is 31.5 Å². The number of hydrogen-bond donors (Lipinski definition) is 3. The van der Waals surface area contributed by atoms with Gasteiger partial charge in [0.05, 0.1) is 11.9 Å². The van der Waals surface area contributed by atoms with Crippen LogP contribution in [0, 0.1) is 0 Å². The average Bonchev–Trinajstić information content (AvgIpc) is 2.12. The van der Waals surface area contributed by atoms with Gasteiger partial charge >= 0.3 is 6.09 Å².